The Balaban J connectivity index is 1.61. The standard InChI is InChI=1S/C25H23N3O2S/c1-18-13-15-21(16-14-18)31-24-22(17-30-25(29)26-20-11-7-4-8-12-20)23(27-28(24)2)19-9-5-3-6-10-19/h3-16H,17H2,1-2H3,(H,26,29). The quantitative estimate of drug-likeness (QED) is 0.391. The van der Waals surface area contributed by atoms with E-state index in [1.807, 2.05) is 72.4 Å². The summed E-state index contributed by atoms with van der Waals surface area (Å²) >= 11 is 1.61. The van der Waals surface area contributed by atoms with Crippen LogP contribution >= 0.6 is 11.8 Å². The van der Waals surface area contributed by atoms with Gasteiger partial charge in [-0.2, -0.15) is 5.10 Å². The van der Waals surface area contributed by atoms with Crippen LogP contribution in [0.15, 0.2) is 94.9 Å². The summed E-state index contributed by atoms with van der Waals surface area (Å²) in [5.74, 6) is 0. The molecular weight excluding hydrogens is 406 g/mol. The summed E-state index contributed by atoms with van der Waals surface area (Å²) in [7, 11) is 1.91. The highest BCUT2D eigenvalue weighted by Gasteiger charge is 2.20. The molecule has 0 atom stereocenters. The fraction of sp³-hybridized carbons (Fsp3) is 0.120. The predicted octanol–water partition coefficient (Wildman–Crippen LogP) is 6.30. The third-order valence-electron chi connectivity index (χ3n) is 4.74. The third kappa shape index (κ3) is 5.16. The number of rotatable bonds is 6. The molecule has 0 aliphatic carbocycles. The highest BCUT2D eigenvalue weighted by atomic mass is 32.2. The monoisotopic (exact) mass is 429 g/mol. The molecule has 0 unspecified atom stereocenters. The Kier molecular flexibility index (Phi) is 6.38. The van der Waals surface area contributed by atoms with E-state index >= 15 is 0 Å². The highest BCUT2D eigenvalue weighted by molar-refractivity contribution is 7.99. The fourth-order valence-electron chi connectivity index (χ4n) is 3.17. The first-order valence-corrected chi connectivity index (χ1v) is 10.8. The Morgan fingerprint density at radius 2 is 1.61 bits per heavy atom. The van der Waals surface area contributed by atoms with Gasteiger partial charge in [0.25, 0.3) is 0 Å². The summed E-state index contributed by atoms with van der Waals surface area (Å²) in [5, 5.41) is 8.44. The van der Waals surface area contributed by atoms with Crippen molar-refractivity contribution in [2.24, 2.45) is 7.05 Å². The zero-order valence-corrected chi connectivity index (χ0v) is 18.2. The molecule has 0 spiro atoms. The minimum Gasteiger partial charge on any atom is -0.444 e. The van der Waals surface area contributed by atoms with Gasteiger partial charge in [-0.05, 0) is 31.2 Å². The molecule has 1 amide bonds. The van der Waals surface area contributed by atoms with Gasteiger partial charge in [-0.25, -0.2) is 4.79 Å². The van der Waals surface area contributed by atoms with Gasteiger partial charge in [0.2, 0.25) is 0 Å². The number of hydrogen-bond donors (Lipinski definition) is 1. The molecule has 4 rings (SSSR count). The van der Waals surface area contributed by atoms with E-state index in [1.54, 1.807) is 11.8 Å². The average molecular weight is 430 g/mol. The molecule has 6 heteroatoms. The molecule has 3 aromatic carbocycles. The van der Waals surface area contributed by atoms with E-state index in [1.165, 1.54) is 5.56 Å². The van der Waals surface area contributed by atoms with E-state index in [0.29, 0.717) is 5.69 Å². The van der Waals surface area contributed by atoms with Crippen molar-refractivity contribution in [3.63, 3.8) is 0 Å². The predicted molar refractivity (Wildman–Crippen MR) is 124 cm³/mol. The molecule has 0 aliphatic rings. The molecule has 1 N–H and O–H groups in total. The van der Waals surface area contributed by atoms with Crippen LogP contribution in [0, 0.1) is 6.92 Å². The molecular formula is C25H23N3O2S. The minimum absolute atomic E-state index is 0.116. The van der Waals surface area contributed by atoms with Gasteiger partial charge in [-0.1, -0.05) is 78.0 Å². The Hall–Kier alpha value is -3.51. The van der Waals surface area contributed by atoms with Gasteiger partial charge in [-0.3, -0.25) is 10.00 Å². The van der Waals surface area contributed by atoms with Crippen molar-refractivity contribution in [3.05, 3.63) is 96.1 Å². The van der Waals surface area contributed by atoms with Crippen LogP contribution in [0.3, 0.4) is 0 Å². The minimum atomic E-state index is -0.500. The lowest BCUT2D eigenvalue weighted by Gasteiger charge is -2.10. The number of nitrogens with one attached hydrogen (secondary N) is 1. The lowest BCUT2D eigenvalue weighted by atomic mass is 10.1. The second-order valence-corrected chi connectivity index (χ2v) is 8.17. The molecule has 1 heterocycles. The Labute approximate surface area is 186 Å². The van der Waals surface area contributed by atoms with Gasteiger partial charge < -0.3 is 4.74 Å². The number of amides is 1. The summed E-state index contributed by atoms with van der Waals surface area (Å²) in [6, 6.07) is 27.5. The molecule has 0 fully saturated rings. The van der Waals surface area contributed by atoms with Gasteiger partial charge >= 0.3 is 6.09 Å². The van der Waals surface area contributed by atoms with Crippen LogP contribution in [0.2, 0.25) is 0 Å². The summed E-state index contributed by atoms with van der Waals surface area (Å²) < 4.78 is 7.44. The SMILES string of the molecule is Cc1ccc(Sc2c(COC(=O)Nc3ccccc3)c(-c3ccccc3)nn2C)cc1. The zero-order chi connectivity index (χ0) is 21.6. The number of nitrogens with zero attached hydrogens (tertiary/aromatic N) is 2. The number of carbonyl (C=O) groups is 1. The van der Waals surface area contributed by atoms with Crippen molar-refractivity contribution in [3.8, 4) is 11.3 Å². The van der Waals surface area contributed by atoms with Crippen LogP contribution in [0.4, 0.5) is 10.5 Å². The first kappa shape index (κ1) is 20.8. The Bertz CT molecular complexity index is 1160. The fourth-order valence-corrected chi connectivity index (χ4v) is 4.12. The van der Waals surface area contributed by atoms with E-state index in [-0.39, 0.29) is 6.61 Å². The maximum absolute atomic E-state index is 12.4. The molecule has 0 saturated heterocycles. The maximum Gasteiger partial charge on any atom is 0.411 e. The number of aromatic nitrogens is 2. The van der Waals surface area contributed by atoms with Crippen molar-refractivity contribution in [2.75, 3.05) is 5.32 Å². The lowest BCUT2D eigenvalue weighted by Crippen LogP contribution is -2.13. The number of benzene rings is 3. The van der Waals surface area contributed by atoms with Crippen LogP contribution in [0.25, 0.3) is 11.3 Å². The van der Waals surface area contributed by atoms with E-state index in [9.17, 15) is 4.79 Å². The number of para-hydroxylation sites is 1. The lowest BCUT2D eigenvalue weighted by molar-refractivity contribution is 0.154. The largest absolute Gasteiger partial charge is 0.444 e. The van der Waals surface area contributed by atoms with Gasteiger partial charge in [0.1, 0.15) is 17.3 Å². The van der Waals surface area contributed by atoms with Crippen molar-refractivity contribution in [1.29, 1.82) is 0 Å². The normalized spacial score (nSPS) is 10.6. The summed E-state index contributed by atoms with van der Waals surface area (Å²) in [6.45, 7) is 2.18. The number of ether oxygens (including phenoxy) is 1. The Morgan fingerprint density at radius 1 is 0.968 bits per heavy atom. The zero-order valence-electron chi connectivity index (χ0n) is 17.4. The molecule has 31 heavy (non-hydrogen) atoms. The number of carbonyl (C=O) groups excluding carboxylic acids is 1. The van der Waals surface area contributed by atoms with Crippen molar-refractivity contribution in [1.82, 2.24) is 9.78 Å². The first-order chi connectivity index (χ1) is 15.1. The van der Waals surface area contributed by atoms with Crippen molar-refractivity contribution < 1.29 is 9.53 Å². The third-order valence-corrected chi connectivity index (χ3v) is 5.95. The van der Waals surface area contributed by atoms with Crippen molar-refractivity contribution >= 4 is 23.5 Å². The smallest absolute Gasteiger partial charge is 0.411 e. The molecule has 1 aromatic heterocycles. The van der Waals surface area contributed by atoms with Gasteiger partial charge in [0.15, 0.2) is 0 Å². The summed E-state index contributed by atoms with van der Waals surface area (Å²) in [4.78, 5) is 13.5. The molecule has 0 radical (unpaired) electrons. The van der Waals surface area contributed by atoms with Crippen molar-refractivity contribution in [2.45, 2.75) is 23.5 Å². The molecule has 4 aromatic rings. The van der Waals surface area contributed by atoms with E-state index in [0.717, 1.165) is 26.7 Å². The number of hydrogen-bond acceptors (Lipinski definition) is 4. The van der Waals surface area contributed by atoms with Gasteiger partial charge in [0, 0.05) is 28.8 Å². The van der Waals surface area contributed by atoms with E-state index in [4.69, 9.17) is 9.84 Å². The Morgan fingerprint density at radius 3 is 2.29 bits per heavy atom. The summed E-state index contributed by atoms with van der Waals surface area (Å²) in [6.07, 6.45) is -0.500. The van der Waals surface area contributed by atoms with Crippen LogP contribution in [-0.4, -0.2) is 15.9 Å². The average Bonchev–Trinajstić information content (AvgIpc) is 3.10. The number of anilines is 1. The second-order valence-electron chi connectivity index (χ2n) is 7.10. The van der Waals surface area contributed by atoms with Crippen LogP contribution in [0.1, 0.15) is 11.1 Å². The molecule has 0 saturated carbocycles. The number of aryl methyl sites for hydroxylation is 2. The van der Waals surface area contributed by atoms with Crippen LogP contribution in [0.5, 0.6) is 0 Å². The second kappa shape index (κ2) is 9.53. The maximum atomic E-state index is 12.4. The van der Waals surface area contributed by atoms with Crippen LogP contribution in [-0.2, 0) is 18.4 Å². The van der Waals surface area contributed by atoms with E-state index in [2.05, 4.69) is 36.5 Å². The molecule has 0 aliphatic heterocycles. The van der Waals surface area contributed by atoms with Gasteiger partial charge in [-0.15, -0.1) is 0 Å². The topological polar surface area (TPSA) is 56.1 Å². The highest BCUT2D eigenvalue weighted by Crippen LogP contribution is 2.36. The van der Waals surface area contributed by atoms with E-state index < -0.39 is 6.09 Å². The molecule has 5 nitrogen and oxygen atoms in total. The van der Waals surface area contributed by atoms with Gasteiger partial charge in [0.05, 0.1) is 0 Å². The first-order valence-electron chi connectivity index (χ1n) is 9.95. The molecule has 156 valence electrons. The summed E-state index contributed by atoms with van der Waals surface area (Å²) in [5.41, 5.74) is 4.57. The molecule has 0 bridgehead atoms. The van der Waals surface area contributed by atoms with Crippen LogP contribution < -0.4 is 5.32 Å².